The molecule has 0 aromatic carbocycles. The van der Waals surface area contributed by atoms with Crippen molar-refractivity contribution in [1.82, 2.24) is 5.32 Å². The molecule has 1 N–H and O–H groups in total. The number of likely N-dealkylation sites (N-methyl/N-ethyl adjacent to an activating group) is 1. The summed E-state index contributed by atoms with van der Waals surface area (Å²) >= 11 is 1.87. The fourth-order valence-electron chi connectivity index (χ4n) is 3.58. The number of aryl methyl sites for hydroxylation is 1. The van der Waals surface area contributed by atoms with Gasteiger partial charge in [-0.2, -0.15) is 0 Å². The first-order valence-corrected chi connectivity index (χ1v) is 9.20. The Morgan fingerprint density at radius 3 is 2.52 bits per heavy atom. The minimum atomic E-state index is 0.0305. The fraction of sp³-hybridized carbons (Fsp3) is 0.778. The van der Waals surface area contributed by atoms with Gasteiger partial charge in [-0.25, -0.2) is 0 Å². The van der Waals surface area contributed by atoms with Gasteiger partial charge in [0.1, 0.15) is 0 Å². The van der Waals surface area contributed by atoms with E-state index in [-0.39, 0.29) is 5.60 Å². The van der Waals surface area contributed by atoms with Crippen molar-refractivity contribution in [2.75, 3.05) is 13.7 Å². The van der Waals surface area contributed by atoms with E-state index in [4.69, 9.17) is 4.74 Å². The molecule has 1 aliphatic rings. The lowest BCUT2D eigenvalue weighted by molar-refractivity contribution is -0.0874. The van der Waals surface area contributed by atoms with Crippen molar-refractivity contribution in [3.05, 3.63) is 22.4 Å². The first-order chi connectivity index (χ1) is 10.0. The van der Waals surface area contributed by atoms with Gasteiger partial charge in [0, 0.05) is 18.0 Å². The summed E-state index contributed by atoms with van der Waals surface area (Å²) < 4.78 is 6.10. The van der Waals surface area contributed by atoms with Crippen LogP contribution in [0.3, 0.4) is 0 Å². The van der Waals surface area contributed by atoms with E-state index < -0.39 is 0 Å². The van der Waals surface area contributed by atoms with Crippen LogP contribution >= 0.6 is 11.3 Å². The summed E-state index contributed by atoms with van der Waals surface area (Å²) in [6.45, 7) is 8.00. The van der Waals surface area contributed by atoms with Crippen LogP contribution in [0.25, 0.3) is 0 Å². The molecular formula is C18H31NOS. The van der Waals surface area contributed by atoms with Crippen LogP contribution in [0.4, 0.5) is 0 Å². The number of ether oxygens (including phenoxy) is 1. The zero-order valence-corrected chi connectivity index (χ0v) is 14.9. The van der Waals surface area contributed by atoms with Crippen molar-refractivity contribution in [3.63, 3.8) is 0 Å². The third kappa shape index (κ3) is 4.30. The van der Waals surface area contributed by atoms with Gasteiger partial charge in [0.25, 0.3) is 0 Å². The Balaban J connectivity index is 2.03. The van der Waals surface area contributed by atoms with Crippen LogP contribution < -0.4 is 5.32 Å². The van der Waals surface area contributed by atoms with E-state index in [2.05, 4.69) is 43.6 Å². The summed E-state index contributed by atoms with van der Waals surface area (Å²) in [7, 11) is 1.91. The molecular weight excluding hydrogens is 278 g/mol. The van der Waals surface area contributed by atoms with Gasteiger partial charge in [0.15, 0.2) is 0 Å². The summed E-state index contributed by atoms with van der Waals surface area (Å²) in [6.07, 6.45) is 7.22. The third-order valence-corrected chi connectivity index (χ3v) is 6.14. The second-order valence-corrected chi connectivity index (χ2v) is 8.19. The highest BCUT2D eigenvalue weighted by Gasteiger charge is 2.43. The Kier molecular flexibility index (Phi) is 5.87. The van der Waals surface area contributed by atoms with Crippen LogP contribution in [0.2, 0.25) is 0 Å². The highest BCUT2D eigenvalue weighted by atomic mass is 32.1. The maximum Gasteiger partial charge on any atom is 0.0831 e. The molecule has 2 rings (SSSR count). The Morgan fingerprint density at radius 1 is 1.29 bits per heavy atom. The summed E-state index contributed by atoms with van der Waals surface area (Å²) in [5.74, 6) is 0. The van der Waals surface area contributed by atoms with E-state index >= 15 is 0 Å². The predicted molar refractivity (Wildman–Crippen MR) is 92.1 cm³/mol. The molecule has 1 unspecified atom stereocenters. The number of hydrogen-bond donors (Lipinski definition) is 1. The van der Waals surface area contributed by atoms with Crippen LogP contribution in [-0.4, -0.2) is 25.3 Å². The fourth-order valence-corrected chi connectivity index (χ4v) is 4.31. The van der Waals surface area contributed by atoms with Crippen molar-refractivity contribution in [2.24, 2.45) is 5.41 Å². The average Bonchev–Trinajstić information content (AvgIpc) is 2.98. The van der Waals surface area contributed by atoms with Crippen LogP contribution in [0.15, 0.2) is 17.5 Å². The molecule has 3 heteroatoms. The number of nitrogens with one attached hydrogen (secondary N) is 1. The quantitative estimate of drug-likeness (QED) is 0.792. The van der Waals surface area contributed by atoms with Crippen LogP contribution in [0, 0.1) is 5.41 Å². The molecule has 1 aliphatic carbocycles. The number of hydrogen-bond acceptors (Lipinski definition) is 3. The number of rotatable bonds is 7. The van der Waals surface area contributed by atoms with Gasteiger partial charge in [-0.1, -0.05) is 26.8 Å². The monoisotopic (exact) mass is 309 g/mol. The molecule has 0 bridgehead atoms. The molecule has 1 aromatic rings. The second kappa shape index (κ2) is 7.26. The second-order valence-electron chi connectivity index (χ2n) is 7.16. The van der Waals surface area contributed by atoms with Crippen molar-refractivity contribution in [1.29, 1.82) is 0 Å². The van der Waals surface area contributed by atoms with E-state index in [0.29, 0.717) is 11.5 Å². The van der Waals surface area contributed by atoms with Gasteiger partial charge < -0.3 is 10.1 Å². The molecule has 0 spiro atoms. The van der Waals surface area contributed by atoms with E-state index in [0.717, 1.165) is 13.0 Å². The van der Waals surface area contributed by atoms with Gasteiger partial charge in [-0.3, -0.25) is 0 Å². The third-order valence-electron chi connectivity index (χ3n) is 5.20. The number of thiophene rings is 1. The van der Waals surface area contributed by atoms with Crippen molar-refractivity contribution >= 4 is 11.3 Å². The van der Waals surface area contributed by atoms with Gasteiger partial charge in [-0.15, -0.1) is 11.3 Å². The summed E-state index contributed by atoms with van der Waals surface area (Å²) in [6, 6.07) is 4.86. The van der Waals surface area contributed by atoms with Gasteiger partial charge >= 0.3 is 0 Å². The van der Waals surface area contributed by atoms with Crippen molar-refractivity contribution < 1.29 is 4.74 Å². The molecule has 1 aromatic heterocycles. The minimum Gasteiger partial charge on any atom is -0.377 e. The summed E-state index contributed by atoms with van der Waals surface area (Å²) in [5.41, 5.74) is 0.509. The molecule has 0 aliphatic heterocycles. The zero-order chi connectivity index (χ0) is 15.3. The standard InChI is InChI=1S/C18H31NOS/c1-5-19-16(9-8-15-7-6-14-21-15)18(20-4)12-10-17(2,3)11-13-18/h6-7,14,16,19H,5,8-13H2,1-4H3. The molecule has 0 radical (unpaired) electrons. The van der Waals surface area contributed by atoms with Crippen molar-refractivity contribution in [3.8, 4) is 0 Å². The molecule has 1 heterocycles. The van der Waals surface area contributed by atoms with E-state index in [9.17, 15) is 0 Å². The molecule has 1 saturated carbocycles. The average molecular weight is 310 g/mol. The van der Waals surface area contributed by atoms with E-state index in [1.165, 1.54) is 37.0 Å². The first-order valence-electron chi connectivity index (χ1n) is 8.32. The highest BCUT2D eigenvalue weighted by Crippen LogP contribution is 2.44. The zero-order valence-electron chi connectivity index (χ0n) is 14.1. The SMILES string of the molecule is CCNC(CCc1cccs1)C1(OC)CCC(C)(C)CC1. The van der Waals surface area contributed by atoms with Gasteiger partial charge in [-0.05, 0) is 61.9 Å². The Morgan fingerprint density at radius 2 is 2.00 bits per heavy atom. The number of methoxy groups -OCH3 is 1. The summed E-state index contributed by atoms with van der Waals surface area (Å²) in [4.78, 5) is 1.49. The van der Waals surface area contributed by atoms with E-state index in [1.807, 2.05) is 18.4 Å². The predicted octanol–water partition coefficient (Wildman–Crippen LogP) is 4.64. The molecule has 2 nitrogen and oxygen atoms in total. The maximum absolute atomic E-state index is 6.10. The minimum absolute atomic E-state index is 0.0305. The maximum atomic E-state index is 6.10. The van der Waals surface area contributed by atoms with Gasteiger partial charge in [0.2, 0.25) is 0 Å². The van der Waals surface area contributed by atoms with E-state index in [1.54, 1.807) is 0 Å². The largest absolute Gasteiger partial charge is 0.377 e. The molecule has 1 atom stereocenters. The Hall–Kier alpha value is -0.380. The lowest BCUT2D eigenvalue weighted by Gasteiger charge is -2.47. The first kappa shape index (κ1) is 17.0. The molecule has 1 fully saturated rings. The molecule has 0 saturated heterocycles. The van der Waals surface area contributed by atoms with Crippen molar-refractivity contribution in [2.45, 2.75) is 70.9 Å². The molecule has 0 amide bonds. The van der Waals surface area contributed by atoms with Crippen LogP contribution in [0.1, 0.15) is 57.8 Å². The lowest BCUT2D eigenvalue weighted by atomic mass is 9.67. The molecule has 120 valence electrons. The smallest absolute Gasteiger partial charge is 0.0831 e. The Labute approximate surface area is 134 Å². The van der Waals surface area contributed by atoms with Gasteiger partial charge in [0.05, 0.1) is 5.60 Å². The van der Waals surface area contributed by atoms with Crippen LogP contribution in [-0.2, 0) is 11.2 Å². The normalized spacial score (nSPS) is 22.1. The molecule has 21 heavy (non-hydrogen) atoms. The van der Waals surface area contributed by atoms with Crippen LogP contribution in [0.5, 0.6) is 0 Å². The Bertz CT molecular complexity index is 403. The summed E-state index contributed by atoms with van der Waals surface area (Å²) in [5, 5.41) is 5.89. The topological polar surface area (TPSA) is 21.3 Å². The lowest BCUT2D eigenvalue weighted by Crippen LogP contribution is -2.54. The highest BCUT2D eigenvalue weighted by molar-refractivity contribution is 7.09.